The monoisotopic (exact) mass is 322 g/mol. The zero-order valence-corrected chi connectivity index (χ0v) is 14.9. The van der Waals surface area contributed by atoms with Crippen molar-refractivity contribution in [3.63, 3.8) is 0 Å². The van der Waals surface area contributed by atoms with E-state index < -0.39 is 0 Å². The molecular formula is C19H34N2O2. The van der Waals surface area contributed by atoms with Crippen LogP contribution in [0.3, 0.4) is 0 Å². The number of carbonyl (C=O) groups excluding carboxylic acids is 1. The number of rotatable bonds is 5. The topological polar surface area (TPSA) is 32.8 Å². The van der Waals surface area contributed by atoms with Crippen molar-refractivity contribution in [2.24, 2.45) is 11.3 Å². The molecule has 0 aromatic rings. The predicted molar refractivity (Wildman–Crippen MR) is 92.4 cm³/mol. The van der Waals surface area contributed by atoms with Gasteiger partial charge in [-0.25, -0.2) is 0 Å². The molecular weight excluding hydrogens is 288 g/mol. The van der Waals surface area contributed by atoms with Crippen molar-refractivity contribution in [3.8, 4) is 0 Å². The number of amides is 1. The van der Waals surface area contributed by atoms with E-state index in [1.165, 1.54) is 77.4 Å². The van der Waals surface area contributed by atoms with Gasteiger partial charge in [-0.05, 0) is 44.7 Å². The zero-order valence-electron chi connectivity index (χ0n) is 14.9. The first kappa shape index (κ1) is 17.2. The summed E-state index contributed by atoms with van der Waals surface area (Å²) in [7, 11) is 1.61. The Bertz CT molecular complexity index is 395. The lowest BCUT2D eigenvalue weighted by molar-refractivity contribution is -0.134. The van der Waals surface area contributed by atoms with E-state index in [1.54, 1.807) is 7.11 Å². The number of likely N-dealkylation sites (tertiary alicyclic amines) is 2. The Morgan fingerprint density at radius 1 is 1.09 bits per heavy atom. The van der Waals surface area contributed by atoms with Crippen LogP contribution in [0.2, 0.25) is 0 Å². The Labute approximate surface area is 141 Å². The summed E-state index contributed by atoms with van der Waals surface area (Å²) in [5, 5.41) is 0. The highest BCUT2D eigenvalue weighted by Crippen LogP contribution is 2.39. The largest absolute Gasteiger partial charge is 0.375 e. The fraction of sp³-hybridized carbons (Fsp3) is 0.947. The van der Waals surface area contributed by atoms with Crippen LogP contribution in [0.4, 0.5) is 0 Å². The molecule has 3 aliphatic rings. The smallest absolute Gasteiger partial charge is 0.248 e. The number of piperidine rings is 1. The number of hydrogen-bond acceptors (Lipinski definition) is 3. The summed E-state index contributed by atoms with van der Waals surface area (Å²) in [4.78, 5) is 16.8. The Morgan fingerprint density at radius 2 is 1.91 bits per heavy atom. The summed E-state index contributed by atoms with van der Waals surface area (Å²) in [6, 6.07) is 0. The molecule has 4 nitrogen and oxygen atoms in total. The molecule has 0 radical (unpaired) electrons. The van der Waals surface area contributed by atoms with Gasteiger partial charge in [0.25, 0.3) is 0 Å². The van der Waals surface area contributed by atoms with Gasteiger partial charge in [-0.2, -0.15) is 0 Å². The standard InChI is InChI=1S/C19H34N2O2/c1-23-14-18(22)21-13-10-19(16-21)9-5-11-20(15-19)12-8-17-6-3-2-4-7-17/h17H,2-16H2,1H3/t19-/m0/s1. The summed E-state index contributed by atoms with van der Waals surface area (Å²) in [5.41, 5.74) is 0.369. The van der Waals surface area contributed by atoms with Crippen LogP contribution in [-0.2, 0) is 9.53 Å². The molecule has 0 aromatic carbocycles. The third kappa shape index (κ3) is 4.48. The first-order valence-corrected chi connectivity index (χ1v) is 9.70. The number of methoxy groups -OCH3 is 1. The number of ether oxygens (including phenoxy) is 1. The minimum Gasteiger partial charge on any atom is -0.375 e. The number of nitrogens with zero attached hydrogens (tertiary/aromatic N) is 2. The minimum absolute atomic E-state index is 0.170. The minimum atomic E-state index is 0.170. The van der Waals surface area contributed by atoms with Crippen LogP contribution >= 0.6 is 0 Å². The zero-order chi connectivity index (χ0) is 16.1. The van der Waals surface area contributed by atoms with Crippen LogP contribution in [0.1, 0.15) is 57.8 Å². The molecule has 2 saturated heterocycles. The van der Waals surface area contributed by atoms with Crippen molar-refractivity contribution in [1.82, 2.24) is 9.80 Å². The molecule has 1 aliphatic carbocycles. The van der Waals surface area contributed by atoms with E-state index >= 15 is 0 Å². The Hall–Kier alpha value is -0.610. The SMILES string of the molecule is COCC(=O)N1CC[C@]2(CCCN(CCC3CCCCC3)C2)C1. The van der Waals surface area contributed by atoms with Gasteiger partial charge in [0.1, 0.15) is 6.61 Å². The maximum Gasteiger partial charge on any atom is 0.248 e. The van der Waals surface area contributed by atoms with Crippen LogP contribution in [0.15, 0.2) is 0 Å². The summed E-state index contributed by atoms with van der Waals surface area (Å²) in [5.74, 6) is 1.15. The molecule has 4 heteroatoms. The molecule has 1 saturated carbocycles. The van der Waals surface area contributed by atoms with E-state index in [4.69, 9.17) is 4.74 Å². The summed E-state index contributed by atoms with van der Waals surface area (Å²) in [6.45, 7) is 5.87. The van der Waals surface area contributed by atoms with Crippen molar-refractivity contribution in [2.45, 2.75) is 57.8 Å². The molecule has 1 spiro atoms. The van der Waals surface area contributed by atoms with Gasteiger partial charge in [-0.3, -0.25) is 4.79 Å². The Morgan fingerprint density at radius 3 is 2.70 bits per heavy atom. The van der Waals surface area contributed by atoms with Gasteiger partial charge in [0.05, 0.1) is 0 Å². The molecule has 0 N–H and O–H groups in total. The molecule has 1 amide bonds. The van der Waals surface area contributed by atoms with Crippen molar-refractivity contribution < 1.29 is 9.53 Å². The summed E-state index contributed by atoms with van der Waals surface area (Å²) < 4.78 is 5.02. The molecule has 0 aromatic heterocycles. The highest BCUT2D eigenvalue weighted by atomic mass is 16.5. The molecule has 1 atom stereocenters. The van der Waals surface area contributed by atoms with Crippen molar-refractivity contribution >= 4 is 5.91 Å². The van der Waals surface area contributed by atoms with E-state index in [0.29, 0.717) is 5.41 Å². The van der Waals surface area contributed by atoms with Gasteiger partial charge in [-0.15, -0.1) is 0 Å². The van der Waals surface area contributed by atoms with Crippen LogP contribution in [0.25, 0.3) is 0 Å². The van der Waals surface area contributed by atoms with Gasteiger partial charge in [0.2, 0.25) is 5.91 Å². The van der Waals surface area contributed by atoms with E-state index in [1.807, 2.05) is 4.90 Å². The van der Waals surface area contributed by atoms with E-state index in [0.717, 1.165) is 19.0 Å². The fourth-order valence-electron chi connectivity index (χ4n) is 5.04. The lowest BCUT2D eigenvalue weighted by Crippen LogP contribution is -2.46. The first-order valence-electron chi connectivity index (χ1n) is 9.70. The highest BCUT2D eigenvalue weighted by Gasteiger charge is 2.42. The second-order valence-electron chi connectivity index (χ2n) is 8.17. The fourth-order valence-corrected chi connectivity index (χ4v) is 5.04. The molecule has 3 rings (SSSR count). The van der Waals surface area contributed by atoms with Crippen molar-refractivity contribution in [3.05, 3.63) is 0 Å². The first-order chi connectivity index (χ1) is 11.2. The highest BCUT2D eigenvalue weighted by molar-refractivity contribution is 5.77. The van der Waals surface area contributed by atoms with Crippen molar-refractivity contribution in [2.75, 3.05) is 46.4 Å². The second kappa shape index (κ2) is 7.98. The number of hydrogen-bond donors (Lipinski definition) is 0. The van der Waals surface area contributed by atoms with Gasteiger partial charge < -0.3 is 14.5 Å². The van der Waals surface area contributed by atoms with Gasteiger partial charge in [0.15, 0.2) is 0 Å². The average molecular weight is 322 g/mol. The van der Waals surface area contributed by atoms with E-state index in [9.17, 15) is 4.79 Å². The summed E-state index contributed by atoms with van der Waals surface area (Å²) in [6.07, 6.45) is 12.4. The quantitative estimate of drug-likeness (QED) is 0.780. The van der Waals surface area contributed by atoms with Crippen LogP contribution in [0, 0.1) is 11.3 Å². The van der Waals surface area contributed by atoms with Crippen LogP contribution in [0.5, 0.6) is 0 Å². The molecule has 132 valence electrons. The molecule has 2 heterocycles. The lowest BCUT2D eigenvalue weighted by atomic mass is 9.79. The van der Waals surface area contributed by atoms with Gasteiger partial charge >= 0.3 is 0 Å². The Balaban J connectivity index is 1.47. The maximum absolute atomic E-state index is 12.1. The van der Waals surface area contributed by atoms with Crippen molar-refractivity contribution in [1.29, 1.82) is 0 Å². The molecule has 0 unspecified atom stereocenters. The lowest BCUT2D eigenvalue weighted by Gasteiger charge is -2.41. The third-order valence-electron chi connectivity index (χ3n) is 6.38. The predicted octanol–water partition coefficient (Wildman–Crippen LogP) is 2.92. The van der Waals surface area contributed by atoms with Gasteiger partial charge in [0, 0.05) is 32.2 Å². The maximum atomic E-state index is 12.1. The third-order valence-corrected chi connectivity index (χ3v) is 6.38. The molecule has 23 heavy (non-hydrogen) atoms. The number of carbonyl (C=O) groups is 1. The molecule has 3 fully saturated rings. The average Bonchev–Trinajstić information content (AvgIpc) is 2.98. The Kier molecular flexibility index (Phi) is 5.97. The van der Waals surface area contributed by atoms with E-state index in [2.05, 4.69) is 4.90 Å². The molecule has 0 bridgehead atoms. The van der Waals surface area contributed by atoms with Crippen LogP contribution < -0.4 is 0 Å². The summed E-state index contributed by atoms with van der Waals surface area (Å²) >= 11 is 0. The second-order valence-corrected chi connectivity index (χ2v) is 8.17. The van der Waals surface area contributed by atoms with Crippen LogP contribution in [-0.4, -0.2) is 62.1 Å². The normalized spacial score (nSPS) is 30.2. The van der Waals surface area contributed by atoms with E-state index in [-0.39, 0.29) is 12.5 Å². The van der Waals surface area contributed by atoms with Gasteiger partial charge in [-0.1, -0.05) is 32.1 Å². The molecule has 2 aliphatic heterocycles.